The van der Waals surface area contributed by atoms with Gasteiger partial charge in [-0.15, -0.1) is 13.2 Å². The zero-order valence-corrected chi connectivity index (χ0v) is 21.3. The predicted octanol–water partition coefficient (Wildman–Crippen LogP) is 4.12. The maximum atomic E-state index is 13.7. The van der Waals surface area contributed by atoms with Crippen molar-refractivity contribution in [2.24, 2.45) is 0 Å². The Labute approximate surface area is 216 Å². The number of sulfonamides is 1. The van der Waals surface area contributed by atoms with E-state index in [0.717, 1.165) is 21.3 Å². The van der Waals surface area contributed by atoms with Crippen molar-refractivity contribution in [1.29, 1.82) is 0 Å². The van der Waals surface area contributed by atoms with Crippen molar-refractivity contribution in [1.82, 2.24) is 14.1 Å². The first kappa shape index (κ1) is 26.8. The number of fused-ring (bicyclic) bond motifs is 1. The van der Waals surface area contributed by atoms with E-state index in [-0.39, 0.29) is 25.2 Å². The molecule has 1 unspecified atom stereocenters. The molecule has 0 aromatic heterocycles. The first-order valence-electron chi connectivity index (χ1n) is 11.3. The van der Waals surface area contributed by atoms with Gasteiger partial charge in [0.1, 0.15) is 22.5 Å². The first-order chi connectivity index (χ1) is 17.3. The number of hydrogen-bond donors (Lipinski definition) is 0. The molecule has 0 bridgehead atoms. The summed E-state index contributed by atoms with van der Waals surface area (Å²) in [5.74, 6) is -1.91. The third kappa shape index (κ3) is 5.40. The Morgan fingerprint density at radius 2 is 1.73 bits per heavy atom. The van der Waals surface area contributed by atoms with E-state index in [0.29, 0.717) is 10.6 Å². The minimum atomic E-state index is -5.12. The summed E-state index contributed by atoms with van der Waals surface area (Å²) >= 11 is 5.96. The summed E-state index contributed by atoms with van der Waals surface area (Å²) in [5.41, 5.74) is 0.685. The molecule has 2 aromatic rings. The van der Waals surface area contributed by atoms with E-state index in [1.54, 1.807) is 38.1 Å². The lowest BCUT2D eigenvalue weighted by Gasteiger charge is -2.47. The Morgan fingerprint density at radius 3 is 2.35 bits per heavy atom. The fourth-order valence-corrected chi connectivity index (χ4v) is 5.96. The van der Waals surface area contributed by atoms with Gasteiger partial charge in [0.2, 0.25) is 11.8 Å². The molecule has 1 saturated heterocycles. The van der Waals surface area contributed by atoms with Crippen molar-refractivity contribution in [3.05, 3.63) is 71.1 Å². The van der Waals surface area contributed by atoms with Gasteiger partial charge in [0.15, 0.2) is 0 Å². The van der Waals surface area contributed by atoms with Gasteiger partial charge < -0.3 is 9.64 Å². The van der Waals surface area contributed by atoms with Crippen LogP contribution in [0.25, 0.3) is 0 Å². The average molecular weight is 558 g/mol. The highest BCUT2D eigenvalue weighted by Crippen LogP contribution is 2.37. The number of rotatable bonds is 6. The Hall–Kier alpha value is -3.25. The van der Waals surface area contributed by atoms with E-state index in [1.165, 1.54) is 23.2 Å². The predicted molar refractivity (Wildman–Crippen MR) is 127 cm³/mol. The number of nitrogens with zero attached hydrogens (tertiary/aromatic N) is 3. The SMILES string of the molecule is CC(C)N1C=C2N(C(=O)CCN2S(=O)(=O)c2ccccc2OC(F)(F)F)C(Cc2ccc(Cl)cc2)C1=O. The van der Waals surface area contributed by atoms with Gasteiger partial charge in [0.05, 0.1) is 0 Å². The summed E-state index contributed by atoms with van der Waals surface area (Å²) < 4.78 is 71.2. The molecule has 2 aromatic carbocycles. The van der Waals surface area contributed by atoms with E-state index in [1.807, 2.05) is 0 Å². The summed E-state index contributed by atoms with van der Waals surface area (Å²) in [6.07, 6.45) is -4.06. The standard InChI is InChI=1S/C24H23ClF3N3O5S/c1-15(2)29-14-21-30(37(34,35)20-6-4-3-5-19(20)36-24(26,27)28)12-11-22(32)31(21)18(23(29)33)13-16-7-9-17(25)10-8-16/h3-10,14-15,18H,11-13H2,1-2H3. The van der Waals surface area contributed by atoms with E-state index in [4.69, 9.17) is 11.6 Å². The molecule has 0 radical (unpaired) electrons. The fourth-order valence-electron chi connectivity index (χ4n) is 4.27. The molecule has 1 fully saturated rings. The Bertz CT molecular complexity index is 1350. The molecule has 2 heterocycles. The van der Waals surface area contributed by atoms with Crippen molar-refractivity contribution in [2.75, 3.05) is 6.54 Å². The highest BCUT2D eigenvalue weighted by atomic mass is 35.5. The maximum Gasteiger partial charge on any atom is 0.573 e. The number of carbonyl (C=O) groups excluding carboxylic acids is 2. The normalized spacial score (nSPS) is 18.7. The van der Waals surface area contributed by atoms with Gasteiger partial charge in [0.25, 0.3) is 10.0 Å². The lowest BCUT2D eigenvalue weighted by atomic mass is 10.00. The van der Waals surface area contributed by atoms with Crippen LogP contribution in [-0.4, -0.2) is 59.3 Å². The number of amides is 2. The summed E-state index contributed by atoms with van der Waals surface area (Å²) in [7, 11) is -4.64. The van der Waals surface area contributed by atoms with Crippen LogP contribution in [0.1, 0.15) is 25.8 Å². The van der Waals surface area contributed by atoms with Gasteiger partial charge in [-0.05, 0) is 43.7 Å². The van der Waals surface area contributed by atoms with Gasteiger partial charge in [-0.1, -0.05) is 35.9 Å². The van der Waals surface area contributed by atoms with Crippen molar-refractivity contribution in [3.8, 4) is 5.75 Å². The van der Waals surface area contributed by atoms with Crippen molar-refractivity contribution in [3.63, 3.8) is 0 Å². The van der Waals surface area contributed by atoms with Crippen molar-refractivity contribution >= 4 is 33.4 Å². The van der Waals surface area contributed by atoms with Gasteiger partial charge in [0, 0.05) is 36.7 Å². The van der Waals surface area contributed by atoms with Crippen LogP contribution in [0.4, 0.5) is 13.2 Å². The number of hydrogen-bond acceptors (Lipinski definition) is 5. The van der Waals surface area contributed by atoms with Crippen LogP contribution in [0.5, 0.6) is 5.75 Å². The molecule has 0 aliphatic carbocycles. The average Bonchev–Trinajstić information content (AvgIpc) is 2.81. The zero-order chi connectivity index (χ0) is 27.1. The molecule has 2 aliphatic rings. The molecule has 0 N–H and O–H groups in total. The molecule has 0 saturated carbocycles. The monoisotopic (exact) mass is 557 g/mol. The molecular formula is C24H23ClF3N3O5S. The molecule has 0 spiro atoms. The van der Waals surface area contributed by atoms with E-state index in [9.17, 15) is 31.2 Å². The fraction of sp³-hybridized carbons (Fsp3) is 0.333. The topological polar surface area (TPSA) is 87.2 Å². The minimum Gasteiger partial charge on any atom is -0.404 e. The van der Waals surface area contributed by atoms with Gasteiger partial charge in [-0.3, -0.25) is 14.5 Å². The van der Waals surface area contributed by atoms with Crippen LogP contribution in [0, 0.1) is 0 Å². The van der Waals surface area contributed by atoms with E-state index >= 15 is 0 Å². The number of ether oxygens (including phenoxy) is 1. The lowest BCUT2D eigenvalue weighted by molar-refractivity contribution is -0.275. The quantitative estimate of drug-likeness (QED) is 0.533. The summed E-state index contributed by atoms with van der Waals surface area (Å²) in [6, 6.07) is 9.57. The number of para-hydroxylation sites is 1. The molecule has 8 nitrogen and oxygen atoms in total. The summed E-state index contributed by atoms with van der Waals surface area (Å²) in [6.45, 7) is 3.12. The van der Waals surface area contributed by atoms with Crippen LogP contribution in [0.3, 0.4) is 0 Å². The molecular weight excluding hydrogens is 535 g/mol. The van der Waals surface area contributed by atoms with Gasteiger partial charge >= 0.3 is 6.36 Å². The number of carbonyl (C=O) groups is 2. The highest BCUT2D eigenvalue weighted by molar-refractivity contribution is 7.89. The summed E-state index contributed by atoms with van der Waals surface area (Å²) in [4.78, 5) is 28.2. The Balaban J connectivity index is 1.80. The molecule has 198 valence electrons. The van der Waals surface area contributed by atoms with Gasteiger partial charge in [-0.25, -0.2) is 12.7 Å². The van der Waals surface area contributed by atoms with Gasteiger partial charge in [-0.2, -0.15) is 0 Å². The van der Waals surface area contributed by atoms with Crippen molar-refractivity contribution in [2.45, 2.75) is 50.0 Å². The second kappa shape index (κ2) is 9.90. The second-order valence-corrected chi connectivity index (χ2v) is 11.0. The molecule has 2 amide bonds. The van der Waals surface area contributed by atoms with Crippen LogP contribution >= 0.6 is 11.6 Å². The molecule has 4 rings (SSSR count). The van der Waals surface area contributed by atoms with Crippen LogP contribution in [0.15, 0.2) is 65.4 Å². The Morgan fingerprint density at radius 1 is 1.08 bits per heavy atom. The molecule has 37 heavy (non-hydrogen) atoms. The van der Waals surface area contributed by atoms with Crippen LogP contribution in [0.2, 0.25) is 5.02 Å². The number of alkyl halides is 3. The van der Waals surface area contributed by atoms with E-state index in [2.05, 4.69) is 4.74 Å². The third-order valence-corrected chi connectivity index (χ3v) is 8.04. The smallest absolute Gasteiger partial charge is 0.404 e. The van der Waals surface area contributed by atoms with E-state index < -0.39 is 50.9 Å². The molecule has 1 atom stereocenters. The van der Waals surface area contributed by atoms with Crippen LogP contribution in [-0.2, 0) is 26.0 Å². The zero-order valence-electron chi connectivity index (χ0n) is 19.8. The maximum absolute atomic E-state index is 13.7. The summed E-state index contributed by atoms with van der Waals surface area (Å²) in [5, 5.41) is 0.481. The largest absolute Gasteiger partial charge is 0.573 e. The highest BCUT2D eigenvalue weighted by Gasteiger charge is 2.47. The lowest BCUT2D eigenvalue weighted by Crippen LogP contribution is -2.61. The number of benzene rings is 2. The third-order valence-electron chi connectivity index (χ3n) is 5.95. The Kier molecular flexibility index (Phi) is 7.17. The minimum absolute atomic E-state index is 0.0734. The first-order valence-corrected chi connectivity index (χ1v) is 13.1. The van der Waals surface area contributed by atoms with Crippen LogP contribution < -0.4 is 4.74 Å². The molecule has 13 heteroatoms. The second-order valence-electron chi connectivity index (χ2n) is 8.76. The van der Waals surface area contributed by atoms with Crippen molar-refractivity contribution < 1.29 is 35.9 Å². The molecule has 2 aliphatic heterocycles. The number of halogens is 4.